The molecule has 1 saturated carbocycles. The Morgan fingerprint density at radius 3 is 2.86 bits per heavy atom. The number of amides is 1. The van der Waals surface area contributed by atoms with Crippen molar-refractivity contribution in [2.45, 2.75) is 51.4 Å². The summed E-state index contributed by atoms with van der Waals surface area (Å²) >= 11 is 3.56. The van der Waals surface area contributed by atoms with Gasteiger partial charge in [0.15, 0.2) is 0 Å². The molecule has 1 aromatic carbocycles. The van der Waals surface area contributed by atoms with Crippen LogP contribution in [0.25, 0.3) is 5.78 Å². The van der Waals surface area contributed by atoms with Crippen LogP contribution in [0, 0.1) is 13.8 Å². The van der Waals surface area contributed by atoms with Gasteiger partial charge in [0.05, 0.1) is 0 Å². The number of rotatable bonds is 6. The van der Waals surface area contributed by atoms with Gasteiger partial charge in [-0.25, -0.2) is 9.50 Å². The lowest BCUT2D eigenvalue weighted by atomic mass is 9.64. The molecule has 1 amide bonds. The van der Waals surface area contributed by atoms with E-state index in [1.54, 1.807) is 4.52 Å². The molecular formula is C21H24BrN5O. The van der Waals surface area contributed by atoms with E-state index in [1.807, 2.05) is 19.9 Å². The fraction of sp³-hybridized carbons (Fsp3) is 0.429. The number of carbonyl (C=O) groups excluding carboxylic acids is 1. The molecule has 0 spiro atoms. The summed E-state index contributed by atoms with van der Waals surface area (Å²) in [5.74, 6) is 0.683. The van der Waals surface area contributed by atoms with Crippen LogP contribution in [-0.4, -0.2) is 32.0 Å². The van der Waals surface area contributed by atoms with Crippen LogP contribution in [0.2, 0.25) is 0 Å². The number of halogens is 1. The summed E-state index contributed by atoms with van der Waals surface area (Å²) in [5, 5.41) is 7.39. The quantitative estimate of drug-likeness (QED) is 0.633. The molecule has 4 rings (SSSR count). The van der Waals surface area contributed by atoms with Gasteiger partial charge in [0.25, 0.3) is 5.78 Å². The number of aromatic nitrogens is 4. The summed E-state index contributed by atoms with van der Waals surface area (Å²) in [6.07, 6.45) is 6.05. The molecule has 3 aromatic rings. The minimum atomic E-state index is 0.0759. The van der Waals surface area contributed by atoms with Crippen LogP contribution in [0.4, 0.5) is 0 Å². The van der Waals surface area contributed by atoms with Crippen molar-refractivity contribution in [3.63, 3.8) is 0 Å². The van der Waals surface area contributed by atoms with Crippen molar-refractivity contribution < 1.29 is 4.79 Å². The van der Waals surface area contributed by atoms with Gasteiger partial charge in [-0.1, -0.05) is 34.5 Å². The van der Waals surface area contributed by atoms with E-state index in [-0.39, 0.29) is 11.3 Å². The highest BCUT2D eigenvalue weighted by Gasteiger charge is 2.38. The van der Waals surface area contributed by atoms with Crippen molar-refractivity contribution in [1.82, 2.24) is 24.9 Å². The highest BCUT2D eigenvalue weighted by atomic mass is 79.9. The first kappa shape index (κ1) is 19.1. The number of carbonyl (C=O) groups is 1. The number of fused-ring (bicyclic) bond motifs is 1. The third-order valence-corrected chi connectivity index (χ3v) is 6.46. The predicted molar refractivity (Wildman–Crippen MR) is 111 cm³/mol. The molecule has 1 aliphatic rings. The minimum absolute atomic E-state index is 0.0759. The molecule has 2 heterocycles. The molecule has 146 valence electrons. The Balaban J connectivity index is 1.40. The van der Waals surface area contributed by atoms with Crippen LogP contribution in [0.5, 0.6) is 0 Å². The Morgan fingerprint density at radius 1 is 1.32 bits per heavy atom. The molecule has 2 aromatic heterocycles. The zero-order valence-corrected chi connectivity index (χ0v) is 17.8. The molecule has 0 radical (unpaired) electrons. The minimum Gasteiger partial charge on any atom is -0.355 e. The second-order valence-electron chi connectivity index (χ2n) is 7.65. The average Bonchev–Trinajstić information content (AvgIpc) is 3.09. The number of hydrogen-bond acceptors (Lipinski definition) is 4. The van der Waals surface area contributed by atoms with E-state index < -0.39 is 0 Å². The van der Waals surface area contributed by atoms with Crippen LogP contribution in [0.15, 0.2) is 35.1 Å². The van der Waals surface area contributed by atoms with Crippen molar-refractivity contribution in [3.8, 4) is 0 Å². The van der Waals surface area contributed by atoms with Gasteiger partial charge in [0.1, 0.15) is 6.33 Å². The highest BCUT2D eigenvalue weighted by molar-refractivity contribution is 9.10. The Labute approximate surface area is 172 Å². The molecule has 1 aliphatic carbocycles. The van der Waals surface area contributed by atoms with Gasteiger partial charge >= 0.3 is 0 Å². The lowest BCUT2D eigenvalue weighted by Gasteiger charge is -2.42. The van der Waals surface area contributed by atoms with E-state index in [9.17, 15) is 4.79 Å². The first-order valence-corrected chi connectivity index (χ1v) is 10.5. The van der Waals surface area contributed by atoms with Crippen LogP contribution in [-0.2, 0) is 16.6 Å². The molecule has 0 aliphatic heterocycles. The van der Waals surface area contributed by atoms with Gasteiger partial charge in [-0.15, -0.1) is 0 Å². The van der Waals surface area contributed by atoms with Crippen LogP contribution >= 0.6 is 15.9 Å². The Bertz CT molecular complexity index is 1020. The standard InChI is InChI=1S/C21H24BrN5O/c1-14-18(15(2)27-20(26-14)24-13-25-27)7-8-19(28)23-12-21(9-4-10-21)16-5-3-6-17(22)11-16/h3,5-6,11,13H,4,7-10,12H2,1-2H3,(H,23,28). The van der Waals surface area contributed by atoms with Crippen molar-refractivity contribution >= 4 is 27.6 Å². The normalized spacial score (nSPS) is 15.4. The topological polar surface area (TPSA) is 72.2 Å². The lowest BCUT2D eigenvalue weighted by molar-refractivity contribution is -0.121. The maximum Gasteiger partial charge on any atom is 0.252 e. The predicted octanol–water partition coefficient (Wildman–Crippen LogP) is 3.67. The Morgan fingerprint density at radius 2 is 2.14 bits per heavy atom. The van der Waals surface area contributed by atoms with Crippen molar-refractivity contribution in [1.29, 1.82) is 0 Å². The fourth-order valence-electron chi connectivity index (χ4n) is 4.10. The largest absolute Gasteiger partial charge is 0.355 e. The molecule has 1 N–H and O–H groups in total. The lowest BCUT2D eigenvalue weighted by Crippen LogP contribution is -2.45. The molecule has 0 saturated heterocycles. The smallest absolute Gasteiger partial charge is 0.252 e. The van der Waals surface area contributed by atoms with Crippen molar-refractivity contribution in [2.75, 3.05) is 6.54 Å². The fourth-order valence-corrected chi connectivity index (χ4v) is 4.50. The summed E-state index contributed by atoms with van der Waals surface area (Å²) in [6.45, 7) is 4.66. The van der Waals surface area contributed by atoms with E-state index in [1.165, 1.54) is 18.3 Å². The summed E-state index contributed by atoms with van der Waals surface area (Å²) < 4.78 is 2.82. The van der Waals surface area contributed by atoms with Gasteiger partial charge in [-0.3, -0.25) is 4.79 Å². The maximum absolute atomic E-state index is 12.6. The van der Waals surface area contributed by atoms with Crippen molar-refractivity contribution in [2.24, 2.45) is 0 Å². The maximum atomic E-state index is 12.6. The monoisotopic (exact) mass is 441 g/mol. The third-order valence-electron chi connectivity index (χ3n) is 5.96. The SMILES string of the molecule is Cc1nc2ncnn2c(C)c1CCC(=O)NCC1(c2cccc(Br)c2)CCC1. The van der Waals surface area contributed by atoms with E-state index >= 15 is 0 Å². The number of nitrogens with zero attached hydrogens (tertiary/aromatic N) is 4. The zero-order chi connectivity index (χ0) is 19.7. The first-order valence-electron chi connectivity index (χ1n) is 9.67. The number of hydrogen-bond donors (Lipinski definition) is 1. The van der Waals surface area contributed by atoms with Crippen LogP contribution < -0.4 is 5.32 Å². The Kier molecular flexibility index (Phi) is 5.19. The summed E-state index contributed by atoms with van der Waals surface area (Å²) in [5.41, 5.74) is 4.36. The number of aryl methyl sites for hydroxylation is 2. The molecule has 7 heteroatoms. The number of nitrogens with one attached hydrogen (secondary N) is 1. The number of benzene rings is 1. The van der Waals surface area contributed by atoms with Gasteiger partial charge in [-0.05, 0) is 56.4 Å². The highest BCUT2D eigenvalue weighted by Crippen LogP contribution is 2.43. The first-order chi connectivity index (χ1) is 13.5. The van der Waals surface area contributed by atoms with Crippen LogP contribution in [0.1, 0.15) is 48.2 Å². The van der Waals surface area contributed by atoms with E-state index in [0.717, 1.165) is 34.3 Å². The summed E-state index contributed by atoms with van der Waals surface area (Å²) in [4.78, 5) is 21.2. The zero-order valence-electron chi connectivity index (χ0n) is 16.2. The second-order valence-corrected chi connectivity index (χ2v) is 8.57. The van der Waals surface area contributed by atoms with Gasteiger partial charge in [0, 0.05) is 34.2 Å². The molecule has 1 fully saturated rings. The van der Waals surface area contributed by atoms with Crippen LogP contribution in [0.3, 0.4) is 0 Å². The van der Waals surface area contributed by atoms with E-state index in [4.69, 9.17) is 0 Å². The average molecular weight is 442 g/mol. The summed E-state index contributed by atoms with van der Waals surface area (Å²) in [7, 11) is 0. The molecule has 28 heavy (non-hydrogen) atoms. The second kappa shape index (κ2) is 7.62. The van der Waals surface area contributed by atoms with Gasteiger partial charge in [0.2, 0.25) is 5.91 Å². The van der Waals surface area contributed by atoms with Gasteiger partial charge < -0.3 is 5.32 Å². The van der Waals surface area contributed by atoms with E-state index in [2.05, 4.69) is 54.5 Å². The molecule has 0 atom stereocenters. The Hall–Kier alpha value is -2.28. The van der Waals surface area contributed by atoms with Gasteiger partial charge in [-0.2, -0.15) is 10.1 Å². The van der Waals surface area contributed by atoms with Crippen molar-refractivity contribution in [3.05, 3.63) is 57.6 Å². The molecule has 0 unspecified atom stereocenters. The summed E-state index contributed by atoms with van der Waals surface area (Å²) in [6, 6.07) is 8.46. The van der Waals surface area contributed by atoms with E-state index in [0.29, 0.717) is 25.2 Å². The molecule has 6 nitrogen and oxygen atoms in total. The molecular weight excluding hydrogens is 418 g/mol. The third kappa shape index (κ3) is 3.55. The molecule has 0 bridgehead atoms.